The number of aryl methyl sites for hydroxylation is 1. The third kappa shape index (κ3) is 5.38. The molecule has 0 radical (unpaired) electrons. The van der Waals surface area contributed by atoms with Crippen molar-refractivity contribution in [1.82, 2.24) is 34.3 Å². The summed E-state index contributed by atoms with van der Waals surface area (Å²) in [5.74, 6) is -2.50. The number of piperidine rings is 1. The maximum Gasteiger partial charge on any atom is 0.270 e. The number of nitrogens with two attached hydrogens (primary N) is 1. The van der Waals surface area contributed by atoms with Gasteiger partial charge in [0.1, 0.15) is 22.3 Å². The molecule has 6 aromatic rings. The zero-order valence-electron chi connectivity index (χ0n) is 26.6. The number of thiazole rings is 1. The Labute approximate surface area is 291 Å². The number of likely N-dealkylation sites (tertiary alicyclic amines) is 1. The minimum absolute atomic E-state index is 0.0233. The number of benzene rings is 2. The lowest BCUT2D eigenvalue weighted by Gasteiger charge is -2.27. The van der Waals surface area contributed by atoms with Crippen molar-refractivity contribution in [2.45, 2.75) is 45.3 Å². The fraction of sp³-hybridized carbons (Fsp3) is 0.235. The molecule has 1 aliphatic heterocycles. The maximum absolute atomic E-state index is 15.9. The topological polar surface area (TPSA) is 170 Å². The van der Waals surface area contributed by atoms with Crippen LogP contribution in [0.4, 0.5) is 10.1 Å². The average molecular weight is 712 g/mol. The van der Waals surface area contributed by atoms with E-state index in [1.807, 2.05) is 13.0 Å². The van der Waals surface area contributed by atoms with E-state index in [1.165, 1.54) is 52.1 Å². The summed E-state index contributed by atoms with van der Waals surface area (Å²) in [7, 11) is 0. The number of amides is 3. The molecule has 3 amide bonds. The number of carbonyl (C=O) groups excluding carboxylic acids is 4. The van der Waals surface area contributed by atoms with E-state index in [0.717, 1.165) is 12.1 Å². The Morgan fingerprint density at radius 3 is 2.70 bits per heavy atom. The number of carbonyl (C=O) groups is 4. The molecule has 0 bridgehead atoms. The van der Waals surface area contributed by atoms with Crippen LogP contribution < -0.4 is 11.1 Å². The molecule has 1 saturated heterocycles. The number of ketones is 1. The Morgan fingerprint density at radius 1 is 1.10 bits per heavy atom. The molecule has 4 aromatic heterocycles. The monoisotopic (exact) mass is 711 g/mol. The van der Waals surface area contributed by atoms with Crippen molar-refractivity contribution in [3.63, 3.8) is 0 Å². The lowest BCUT2D eigenvalue weighted by molar-refractivity contribution is -0.138. The van der Waals surface area contributed by atoms with Crippen molar-refractivity contribution >= 4 is 68.1 Å². The van der Waals surface area contributed by atoms with Crippen LogP contribution in [0.5, 0.6) is 0 Å². The normalized spacial score (nSPS) is 18.1. The van der Waals surface area contributed by atoms with Crippen molar-refractivity contribution in [2.24, 2.45) is 11.7 Å². The molecular formula is C34H27ClFN9O4S. The van der Waals surface area contributed by atoms with E-state index in [2.05, 4.69) is 20.5 Å². The molecule has 5 heterocycles. The molecule has 13 nitrogen and oxygen atoms in total. The van der Waals surface area contributed by atoms with Crippen molar-refractivity contribution in [3.05, 3.63) is 82.6 Å². The van der Waals surface area contributed by atoms with Crippen LogP contribution in [0.25, 0.3) is 37.7 Å². The Bertz CT molecular complexity index is 2440. The van der Waals surface area contributed by atoms with Crippen molar-refractivity contribution in [3.8, 4) is 21.7 Å². The van der Waals surface area contributed by atoms with Gasteiger partial charge in [-0.1, -0.05) is 23.7 Å². The number of rotatable bonds is 8. The lowest BCUT2D eigenvalue weighted by atomic mass is 10.00. The summed E-state index contributed by atoms with van der Waals surface area (Å²) in [6.45, 7) is 2.96. The molecule has 3 atom stereocenters. The molecule has 252 valence electrons. The zero-order valence-corrected chi connectivity index (χ0v) is 28.1. The minimum Gasteiger partial charge on any atom is -0.364 e. The molecule has 16 heteroatoms. The number of aromatic nitrogens is 6. The molecular weight excluding hydrogens is 685 g/mol. The van der Waals surface area contributed by atoms with E-state index in [1.54, 1.807) is 29.0 Å². The highest BCUT2D eigenvalue weighted by molar-refractivity contribution is 7.22. The van der Waals surface area contributed by atoms with Crippen LogP contribution in [0, 0.1) is 18.7 Å². The summed E-state index contributed by atoms with van der Waals surface area (Å²) in [6, 6.07) is 9.94. The number of hydrogen-bond donors (Lipinski definition) is 2. The highest BCUT2D eigenvalue weighted by Gasteiger charge is 2.56. The van der Waals surface area contributed by atoms with Gasteiger partial charge in [-0.05, 0) is 56.9 Å². The van der Waals surface area contributed by atoms with Gasteiger partial charge in [0.15, 0.2) is 28.6 Å². The fourth-order valence-corrected chi connectivity index (χ4v) is 7.87. The predicted molar refractivity (Wildman–Crippen MR) is 183 cm³/mol. The van der Waals surface area contributed by atoms with Gasteiger partial charge in [0.25, 0.3) is 5.91 Å². The third-order valence-corrected chi connectivity index (χ3v) is 10.5. The van der Waals surface area contributed by atoms with Crippen LogP contribution in [0.3, 0.4) is 0 Å². The average Bonchev–Trinajstić information content (AvgIpc) is 3.41. The van der Waals surface area contributed by atoms with Gasteiger partial charge in [-0.25, -0.2) is 23.6 Å². The number of fused-ring (bicyclic) bond motifs is 3. The van der Waals surface area contributed by atoms with Crippen LogP contribution in [0.15, 0.2) is 54.9 Å². The van der Waals surface area contributed by atoms with E-state index in [9.17, 15) is 19.2 Å². The number of nitrogens with one attached hydrogen (secondary N) is 1. The fourth-order valence-electron chi connectivity index (χ4n) is 6.62. The second kappa shape index (κ2) is 11.8. The minimum atomic E-state index is -0.859. The van der Waals surface area contributed by atoms with Gasteiger partial charge < -0.3 is 16.0 Å². The molecule has 2 aromatic carbocycles. The van der Waals surface area contributed by atoms with E-state index >= 15 is 4.39 Å². The number of Topliss-reactive ketones (excluding diaryl/α,β-unsaturated/α-hetero) is 1. The van der Waals surface area contributed by atoms with E-state index < -0.39 is 29.6 Å². The molecule has 3 N–H and O–H groups in total. The van der Waals surface area contributed by atoms with Gasteiger partial charge in [-0.3, -0.25) is 19.2 Å². The zero-order chi connectivity index (χ0) is 35.0. The Morgan fingerprint density at radius 2 is 1.92 bits per heavy atom. The molecule has 2 aliphatic rings. The van der Waals surface area contributed by atoms with Gasteiger partial charge >= 0.3 is 0 Å². The first-order valence-corrected chi connectivity index (χ1v) is 16.9. The predicted octanol–water partition coefficient (Wildman–Crippen LogP) is 4.90. The van der Waals surface area contributed by atoms with Crippen molar-refractivity contribution in [2.75, 3.05) is 5.32 Å². The molecule has 0 spiro atoms. The van der Waals surface area contributed by atoms with Crippen molar-refractivity contribution in [1.29, 1.82) is 0 Å². The number of anilines is 1. The van der Waals surface area contributed by atoms with Crippen LogP contribution in [-0.2, 0) is 16.1 Å². The van der Waals surface area contributed by atoms with Crippen LogP contribution in [0.2, 0.25) is 5.02 Å². The molecule has 50 heavy (non-hydrogen) atoms. The second-order valence-electron chi connectivity index (χ2n) is 12.5. The summed E-state index contributed by atoms with van der Waals surface area (Å²) in [5, 5.41) is 12.2. The van der Waals surface area contributed by atoms with Gasteiger partial charge in [-0.15, -0.1) is 11.3 Å². The van der Waals surface area contributed by atoms with Gasteiger partial charge in [-0.2, -0.15) is 10.2 Å². The lowest BCUT2D eigenvalue weighted by Crippen LogP contribution is -2.46. The summed E-state index contributed by atoms with van der Waals surface area (Å²) < 4.78 is 19.2. The third-order valence-electron chi connectivity index (χ3n) is 9.11. The van der Waals surface area contributed by atoms with Crippen LogP contribution >= 0.6 is 22.9 Å². The Kier molecular flexibility index (Phi) is 7.49. The quantitative estimate of drug-likeness (QED) is 0.210. The number of halogens is 2. The summed E-state index contributed by atoms with van der Waals surface area (Å²) in [4.78, 5) is 62.5. The summed E-state index contributed by atoms with van der Waals surface area (Å²) >= 11 is 7.56. The molecule has 2 fully saturated rings. The highest BCUT2D eigenvalue weighted by Crippen LogP contribution is 2.48. The number of hydrogen-bond acceptors (Lipinski definition) is 9. The maximum atomic E-state index is 15.9. The standard InChI is InChI=1S/C34H27ClFN9O4S/c1-15-8-26-38-12-19(13-43(26)41-15)34-40-32-30(50-34)29(31(37)48)42-44(32)14-27(47)45-24-10-18(24)11-25(45)33(49)39-23-5-3-4-20(28(23)36)21-9-17(16(2)46)6-7-22(21)35/h3-9,12-13,18,24-25H,10-11,14H2,1-2H3,(H2,37,48)(H,39,49)/t18-,24-,25+/m1/s1. The number of primary amides is 1. The number of nitrogens with zero attached hydrogens (tertiary/aromatic N) is 7. The first-order valence-electron chi connectivity index (χ1n) is 15.7. The summed E-state index contributed by atoms with van der Waals surface area (Å²) in [6.07, 6.45) is 4.59. The van der Waals surface area contributed by atoms with Gasteiger partial charge in [0.05, 0.1) is 11.4 Å². The van der Waals surface area contributed by atoms with E-state index in [-0.39, 0.29) is 46.3 Å². The first kappa shape index (κ1) is 31.7. The largest absolute Gasteiger partial charge is 0.364 e. The second-order valence-corrected chi connectivity index (χ2v) is 13.9. The van der Waals surface area contributed by atoms with Crippen molar-refractivity contribution < 1.29 is 23.6 Å². The Balaban J connectivity index is 1.05. The first-order chi connectivity index (χ1) is 24.0. The van der Waals surface area contributed by atoms with Crippen LogP contribution in [0.1, 0.15) is 46.3 Å². The van der Waals surface area contributed by atoms with E-state index in [4.69, 9.17) is 22.3 Å². The van der Waals surface area contributed by atoms with Gasteiger partial charge in [0.2, 0.25) is 11.8 Å². The molecule has 0 unspecified atom stereocenters. The molecule has 8 rings (SSSR count). The van der Waals surface area contributed by atoms with Crippen LogP contribution in [-0.4, -0.2) is 69.9 Å². The molecule has 1 aliphatic carbocycles. The van der Waals surface area contributed by atoms with Gasteiger partial charge in [0, 0.05) is 51.8 Å². The van der Waals surface area contributed by atoms with E-state index in [0.29, 0.717) is 44.1 Å². The molecule has 1 saturated carbocycles. The Hall–Kier alpha value is -5.54. The highest BCUT2D eigenvalue weighted by atomic mass is 35.5. The SMILES string of the molecule is CC(=O)c1ccc(Cl)c(-c2cccc(NC(=O)[C@@H]3C[C@H]4C[C@H]4N3C(=O)Cn3nc(C(N)=O)c4sc(-c5cnc6cc(C)nn6c5)nc43)c2F)c1. The summed E-state index contributed by atoms with van der Waals surface area (Å²) in [5.41, 5.74) is 8.76. The smallest absolute Gasteiger partial charge is 0.270 e.